The van der Waals surface area contributed by atoms with Gasteiger partial charge in [0.1, 0.15) is 5.54 Å². The molecule has 0 aromatic rings. The Balaban J connectivity index is 1.40. The summed E-state index contributed by atoms with van der Waals surface area (Å²) < 4.78 is 0. The molecule has 1 aliphatic carbocycles. The third-order valence-corrected chi connectivity index (χ3v) is 8.00. The Morgan fingerprint density at radius 3 is 2.55 bits per heavy atom. The lowest BCUT2D eigenvalue weighted by Gasteiger charge is -2.41. The number of nitrogens with zero attached hydrogens (tertiary/aromatic N) is 3. The van der Waals surface area contributed by atoms with E-state index in [0.29, 0.717) is 32.1 Å². The summed E-state index contributed by atoms with van der Waals surface area (Å²) in [5.74, 6) is 0.220. The number of hydrogen-bond acceptors (Lipinski definition) is 4. The molecule has 4 aliphatic rings. The van der Waals surface area contributed by atoms with Crippen LogP contribution in [0.5, 0.6) is 0 Å². The van der Waals surface area contributed by atoms with Crippen molar-refractivity contribution in [1.82, 2.24) is 20.0 Å². The molecule has 7 heteroatoms. The van der Waals surface area contributed by atoms with Crippen LogP contribution < -0.4 is 5.32 Å². The van der Waals surface area contributed by atoms with E-state index in [-0.39, 0.29) is 23.8 Å². The lowest BCUT2D eigenvalue weighted by atomic mass is 9.74. The summed E-state index contributed by atoms with van der Waals surface area (Å²) in [5.41, 5.74) is 0.157. The van der Waals surface area contributed by atoms with E-state index in [9.17, 15) is 14.4 Å². The van der Waals surface area contributed by atoms with E-state index in [2.05, 4.69) is 30.3 Å². The molecule has 0 saturated carbocycles. The number of allylic oxidation sites excluding steroid dienone is 1. The first-order valence-corrected chi connectivity index (χ1v) is 12.3. The molecule has 0 unspecified atom stereocenters. The van der Waals surface area contributed by atoms with Crippen molar-refractivity contribution in [3.8, 4) is 0 Å². The third kappa shape index (κ3) is 4.26. The van der Waals surface area contributed by atoms with Gasteiger partial charge in [0.15, 0.2) is 0 Å². The van der Waals surface area contributed by atoms with E-state index in [1.807, 2.05) is 4.90 Å². The van der Waals surface area contributed by atoms with Gasteiger partial charge in [-0.2, -0.15) is 0 Å². The first-order chi connectivity index (χ1) is 15.0. The van der Waals surface area contributed by atoms with Crippen LogP contribution in [-0.2, 0) is 9.59 Å². The number of rotatable bonds is 7. The van der Waals surface area contributed by atoms with Gasteiger partial charge in [0, 0.05) is 31.2 Å². The predicted molar refractivity (Wildman–Crippen MR) is 119 cm³/mol. The van der Waals surface area contributed by atoms with Crippen LogP contribution in [0.2, 0.25) is 0 Å². The van der Waals surface area contributed by atoms with Crippen molar-refractivity contribution in [3.05, 3.63) is 11.6 Å². The number of carbonyl (C=O) groups is 3. The van der Waals surface area contributed by atoms with Crippen LogP contribution in [0.15, 0.2) is 11.6 Å². The standard InChI is InChI=1S/C24H38N4O3/c1-3-13-24(19-10-15-27(16-11-19)21(29)18-7-4-5-8-18)22(30)28(23(31)25-24)17-12-20-9-6-14-26(20)2/h7,19-20H,3-6,8-17H2,1-2H3,(H,25,31)/t20-,24+/m1/s1. The van der Waals surface area contributed by atoms with Crippen LogP contribution in [0.25, 0.3) is 0 Å². The number of urea groups is 1. The molecule has 4 rings (SSSR count). The van der Waals surface area contributed by atoms with Gasteiger partial charge in [-0.1, -0.05) is 19.4 Å². The molecule has 1 N–H and O–H groups in total. The van der Waals surface area contributed by atoms with Crippen molar-refractivity contribution in [2.45, 2.75) is 82.7 Å². The van der Waals surface area contributed by atoms with Crippen molar-refractivity contribution < 1.29 is 14.4 Å². The Bertz CT molecular complexity index is 743. The largest absolute Gasteiger partial charge is 0.339 e. The maximum atomic E-state index is 13.6. The van der Waals surface area contributed by atoms with Crippen molar-refractivity contribution >= 4 is 17.8 Å². The summed E-state index contributed by atoms with van der Waals surface area (Å²) in [6, 6.07) is 0.231. The predicted octanol–water partition coefficient (Wildman–Crippen LogP) is 2.91. The maximum absolute atomic E-state index is 13.6. The minimum absolute atomic E-state index is 0.0386. The summed E-state index contributed by atoms with van der Waals surface area (Å²) in [5, 5.41) is 3.13. The molecule has 2 atom stereocenters. The molecule has 3 fully saturated rings. The Labute approximate surface area is 186 Å². The van der Waals surface area contributed by atoms with Gasteiger partial charge in [0.25, 0.3) is 5.91 Å². The van der Waals surface area contributed by atoms with Crippen LogP contribution in [0.1, 0.15) is 71.1 Å². The number of likely N-dealkylation sites (tertiary alicyclic amines) is 2. The zero-order chi connectivity index (χ0) is 22.0. The first-order valence-electron chi connectivity index (χ1n) is 12.3. The van der Waals surface area contributed by atoms with Gasteiger partial charge in [-0.05, 0) is 77.3 Å². The molecular formula is C24H38N4O3. The second-order valence-electron chi connectivity index (χ2n) is 9.86. The smallest absolute Gasteiger partial charge is 0.325 e. The highest BCUT2D eigenvalue weighted by Gasteiger charge is 2.55. The monoisotopic (exact) mass is 430 g/mol. The molecule has 7 nitrogen and oxygen atoms in total. The highest BCUT2D eigenvalue weighted by molar-refractivity contribution is 6.07. The van der Waals surface area contributed by atoms with Crippen molar-refractivity contribution in [1.29, 1.82) is 0 Å². The summed E-state index contributed by atoms with van der Waals surface area (Å²) in [4.78, 5) is 44.9. The van der Waals surface area contributed by atoms with Gasteiger partial charge >= 0.3 is 6.03 Å². The van der Waals surface area contributed by atoms with Gasteiger partial charge in [-0.3, -0.25) is 14.5 Å². The van der Waals surface area contributed by atoms with Gasteiger partial charge in [-0.25, -0.2) is 4.79 Å². The summed E-state index contributed by atoms with van der Waals surface area (Å²) in [6.45, 7) is 5.00. The van der Waals surface area contributed by atoms with Crippen LogP contribution >= 0.6 is 0 Å². The number of amides is 4. The summed E-state index contributed by atoms with van der Waals surface area (Å²) >= 11 is 0. The molecule has 0 bridgehead atoms. The van der Waals surface area contributed by atoms with Crippen molar-refractivity contribution in [3.63, 3.8) is 0 Å². The van der Waals surface area contributed by atoms with Gasteiger partial charge in [0.05, 0.1) is 0 Å². The first kappa shape index (κ1) is 22.3. The fraction of sp³-hybridized carbons (Fsp3) is 0.792. The Kier molecular flexibility index (Phi) is 6.70. The van der Waals surface area contributed by atoms with E-state index >= 15 is 0 Å². The number of piperidine rings is 1. The highest BCUT2D eigenvalue weighted by Crippen LogP contribution is 2.38. The Hall–Kier alpha value is -1.89. The second kappa shape index (κ2) is 9.31. The average molecular weight is 431 g/mol. The lowest BCUT2D eigenvalue weighted by Crippen LogP contribution is -2.56. The lowest BCUT2D eigenvalue weighted by molar-refractivity contribution is -0.135. The Morgan fingerprint density at radius 1 is 1.16 bits per heavy atom. The van der Waals surface area contributed by atoms with Gasteiger partial charge in [0.2, 0.25) is 5.91 Å². The summed E-state index contributed by atoms with van der Waals surface area (Å²) in [7, 11) is 2.13. The molecule has 172 valence electrons. The van der Waals surface area contributed by atoms with Crippen molar-refractivity contribution in [2.75, 3.05) is 33.2 Å². The van der Waals surface area contributed by atoms with Crippen LogP contribution in [0, 0.1) is 5.92 Å². The maximum Gasteiger partial charge on any atom is 0.325 e. The minimum Gasteiger partial charge on any atom is -0.339 e. The van der Waals surface area contributed by atoms with E-state index in [1.165, 1.54) is 11.3 Å². The zero-order valence-electron chi connectivity index (χ0n) is 19.2. The quantitative estimate of drug-likeness (QED) is 0.631. The fourth-order valence-corrected chi connectivity index (χ4v) is 6.16. The number of hydrogen-bond donors (Lipinski definition) is 1. The highest BCUT2D eigenvalue weighted by atomic mass is 16.2. The van der Waals surface area contributed by atoms with E-state index in [4.69, 9.17) is 0 Å². The zero-order valence-corrected chi connectivity index (χ0v) is 19.2. The van der Waals surface area contributed by atoms with E-state index < -0.39 is 5.54 Å². The minimum atomic E-state index is -0.796. The third-order valence-electron chi connectivity index (χ3n) is 8.00. The Morgan fingerprint density at radius 2 is 1.94 bits per heavy atom. The topological polar surface area (TPSA) is 73.0 Å². The summed E-state index contributed by atoms with van der Waals surface area (Å²) in [6.07, 6.45) is 11.3. The van der Waals surface area contributed by atoms with Gasteiger partial charge < -0.3 is 15.1 Å². The molecule has 4 amide bonds. The molecule has 3 heterocycles. The van der Waals surface area contributed by atoms with Crippen molar-refractivity contribution in [2.24, 2.45) is 5.92 Å². The molecule has 0 spiro atoms. The number of imide groups is 1. The number of carbonyl (C=O) groups excluding carboxylic acids is 3. The SMILES string of the molecule is CCC[C@@]1(C2CCN(C(=O)C3=CCCC3)CC2)NC(=O)N(CC[C@H]2CCCN2C)C1=O. The van der Waals surface area contributed by atoms with Crippen LogP contribution in [0.3, 0.4) is 0 Å². The fourth-order valence-electron chi connectivity index (χ4n) is 6.16. The number of nitrogens with one attached hydrogen (secondary N) is 1. The molecule has 0 radical (unpaired) electrons. The van der Waals surface area contributed by atoms with Crippen LogP contribution in [0.4, 0.5) is 4.79 Å². The van der Waals surface area contributed by atoms with E-state index in [1.54, 1.807) is 0 Å². The average Bonchev–Trinajstić information content (AvgIpc) is 3.49. The normalized spacial score (nSPS) is 30.3. The second-order valence-corrected chi connectivity index (χ2v) is 9.86. The molecule has 0 aromatic heterocycles. The molecule has 0 aromatic carbocycles. The van der Waals surface area contributed by atoms with E-state index in [0.717, 1.165) is 63.5 Å². The molecule has 3 saturated heterocycles. The molecular weight excluding hydrogens is 392 g/mol. The molecule has 3 aliphatic heterocycles. The van der Waals surface area contributed by atoms with Crippen LogP contribution in [-0.4, -0.2) is 77.4 Å². The van der Waals surface area contributed by atoms with Gasteiger partial charge in [-0.15, -0.1) is 0 Å². The molecule has 31 heavy (non-hydrogen) atoms.